The van der Waals surface area contributed by atoms with Gasteiger partial charge in [-0.25, -0.2) is 0 Å². The largest absolute Gasteiger partial charge is 0.330 e. The van der Waals surface area contributed by atoms with Crippen LogP contribution in [0, 0.1) is 19.8 Å². The highest BCUT2D eigenvalue weighted by Gasteiger charge is 2.07. The summed E-state index contributed by atoms with van der Waals surface area (Å²) in [6.45, 7) is 6.76. The van der Waals surface area contributed by atoms with Crippen molar-refractivity contribution in [2.24, 2.45) is 11.7 Å². The van der Waals surface area contributed by atoms with Gasteiger partial charge in [-0.3, -0.25) is 4.79 Å². The molecule has 94 valence electrons. The number of amides is 1. The maximum Gasteiger partial charge on any atom is 0.224 e. The molecule has 0 spiro atoms. The highest BCUT2D eigenvalue weighted by molar-refractivity contribution is 5.91. The number of hydrogen-bond acceptors (Lipinski definition) is 2. The van der Waals surface area contributed by atoms with Gasteiger partial charge in [0.15, 0.2) is 0 Å². The van der Waals surface area contributed by atoms with Crippen LogP contribution in [0.1, 0.15) is 30.9 Å². The molecule has 0 radical (unpaired) electrons. The van der Waals surface area contributed by atoms with Gasteiger partial charge in [-0.05, 0) is 49.9 Å². The zero-order valence-electron chi connectivity index (χ0n) is 10.9. The molecule has 3 N–H and O–H groups in total. The number of carbonyl (C=O) groups excluding carboxylic acids is 1. The lowest BCUT2D eigenvalue weighted by Crippen LogP contribution is -2.16. The minimum absolute atomic E-state index is 0.0685. The summed E-state index contributed by atoms with van der Waals surface area (Å²) in [6, 6.07) is 5.94. The Morgan fingerprint density at radius 2 is 2.12 bits per heavy atom. The fourth-order valence-electron chi connectivity index (χ4n) is 1.59. The second-order valence-corrected chi connectivity index (χ2v) is 4.68. The van der Waals surface area contributed by atoms with Crippen LogP contribution in [0.15, 0.2) is 18.2 Å². The molecule has 1 aromatic rings. The van der Waals surface area contributed by atoms with Gasteiger partial charge in [0, 0.05) is 12.1 Å². The van der Waals surface area contributed by atoms with Crippen molar-refractivity contribution >= 4 is 11.6 Å². The molecule has 1 aromatic carbocycles. The van der Waals surface area contributed by atoms with Crippen LogP contribution in [0.25, 0.3) is 0 Å². The van der Waals surface area contributed by atoms with Crippen LogP contribution in [-0.2, 0) is 4.79 Å². The van der Waals surface area contributed by atoms with Crippen molar-refractivity contribution in [2.45, 2.75) is 33.6 Å². The highest BCUT2D eigenvalue weighted by atomic mass is 16.1. The fraction of sp³-hybridized carbons (Fsp3) is 0.500. The van der Waals surface area contributed by atoms with E-state index in [0.29, 0.717) is 18.9 Å². The van der Waals surface area contributed by atoms with Gasteiger partial charge >= 0.3 is 0 Å². The van der Waals surface area contributed by atoms with Crippen LogP contribution < -0.4 is 11.1 Å². The first-order valence-electron chi connectivity index (χ1n) is 6.10. The molecular weight excluding hydrogens is 212 g/mol. The fourth-order valence-corrected chi connectivity index (χ4v) is 1.59. The minimum atomic E-state index is 0.0685. The number of nitrogens with one attached hydrogen (secondary N) is 1. The third kappa shape index (κ3) is 4.19. The van der Waals surface area contributed by atoms with Gasteiger partial charge in [-0.2, -0.15) is 0 Å². The minimum Gasteiger partial charge on any atom is -0.330 e. The second-order valence-electron chi connectivity index (χ2n) is 4.68. The van der Waals surface area contributed by atoms with Gasteiger partial charge in [0.25, 0.3) is 0 Å². The van der Waals surface area contributed by atoms with Crippen molar-refractivity contribution in [1.29, 1.82) is 0 Å². The number of rotatable bonds is 5. The Labute approximate surface area is 103 Å². The summed E-state index contributed by atoms with van der Waals surface area (Å²) in [7, 11) is 0. The smallest absolute Gasteiger partial charge is 0.224 e. The summed E-state index contributed by atoms with van der Waals surface area (Å²) in [5.74, 6) is 0.471. The lowest BCUT2D eigenvalue weighted by Gasteiger charge is -2.11. The van der Waals surface area contributed by atoms with Crippen molar-refractivity contribution in [3.8, 4) is 0 Å². The molecule has 3 heteroatoms. The topological polar surface area (TPSA) is 55.1 Å². The number of hydrogen-bond donors (Lipinski definition) is 2. The molecule has 1 atom stereocenters. The van der Waals surface area contributed by atoms with Gasteiger partial charge in [-0.1, -0.05) is 19.1 Å². The number of benzene rings is 1. The average molecular weight is 234 g/mol. The van der Waals surface area contributed by atoms with Gasteiger partial charge in [0.2, 0.25) is 5.91 Å². The Kier molecular flexibility index (Phi) is 5.16. The van der Waals surface area contributed by atoms with E-state index in [0.717, 1.165) is 17.7 Å². The first-order chi connectivity index (χ1) is 8.04. The summed E-state index contributed by atoms with van der Waals surface area (Å²) in [6.07, 6.45) is 1.37. The first-order valence-corrected chi connectivity index (χ1v) is 6.10. The monoisotopic (exact) mass is 234 g/mol. The number of aryl methyl sites for hydroxylation is 1. The summed E-state index contributed by atoms with van der Waals surface area (Å²) in [5.41, 5.74) is 8.76. The Balaban J connectivity index is 2.54. The molecule has 3 nitrogen and oxygen atoms in total. The third-order valence-corrected chi connectivity index (χ3v) is 3.15. The SMILES string of the molecule is Cc1cccc(NC(=O)CCC(C)CN)c1C. The van der Waals surface area contributed by atoms with E-state index in [4.69, 9.17) is 5.73 Å². The summed E-state index contributed by atoms with van der Waals surface area (Å²) < 4.78 is 0. The van der Waals surface area contributed by atoms with Crippen LogP contribution in [0.3, 0.4) is 0 Å². The predicted molar refractivity (Wildman–Crippen MR) is 72.0 cm³/mol. The molecule has 0 fully saturated rings. The van der Waals surface area contributed by atoms with Crippen LogP contribution in [0.5, 0.6) is 0 Å². The van der Waals surface area contributed by atoms with Gasteiger partial charge in [-0.15, -0.1) is 0 Å². The average Bonchev–Trinajstić information content (AvgIpc) is 2.32. The van der Waals surface area contributed by atoms with Crippen LogP contribution >= 0.6 is 0 Å². The third-order valence-electron chi connectivity index (χ3n) is 3.15. The van der Waals surface area contributed by atoms with E-state index >= 15 is 0 Å². The van der Waals surface area contributed by atoms with Crippen molar-refractivity contribution in [2.75, 3.05) is 11.9 Å². The molecule has 0 heterocycles. The van der Waals surface area contributed by atoms with E-state index < -0.39 is 0 Å². The molecule has 1 rings (SSSR count). The molecule has 0 aliphatic rings. The van der Waals surface area contributed by atoms with E-state index in [1.807, 2.05) is 32.0 Å². The van der Waals surface area contributed by atoms with E-state index in [-0.39, 0.29) is 5.91 Å². The standard InChI is InChI=1S/C14H22N2O/c1-10(9-15)7-8-14(17)16-13-6-4-5-11(2)12(13)3/h4-6,10H,7-9,15H2,1-3H3,(H,16,17). The lowest BCUT2D eigenvalue weighted by atomic mass is 10.1. The Hall–Kier alpha value is -1.35. The van der Waals surface area contributed by atoms with Crippen molar-refractivity contribution in [1.82, 2.24) is 0 Å². The number of anilines is 1. The van der Waals surface area contributed by atoms with E-state index in [1.165, 1.54) is 5.56 Å². The molecule has 0 bridgehead atoms. The molecule has 0 aliphatic carbocycles. The van der Waals surface area contributed by atoms with Crippen molar-refractivity contribution < 1.29 is 4.79 Å². The molecule has 17 heavy (non-hydrogen) atoms. The molecule has 0 aliphatic heterocycles. The Bertz CT molecular complexity index is 388. The highest BCUT2D eigenvalue weighted by Crippen LogP contribution is 2.18. The van der Waals surface area contributed by atoms with Crippen molar-refractivity contribution in [3.63, 3.8) is 0 Å². The van der Waals surface area contributed by atoms with E-state index in [1.54, 1.807) is 0 Å². The van der Waals surface area contributed by atoms with E-state index in [2.05, 4.69) is 12.2 Å². The first kappa shape index (κ1) is 13.7. The summed E-state index contributed by atoms with van der Waals surface area (Å²) in [4.78, 5) is 11.7. The Morgan fingerprint density at radius 3 is 2.76 bits per heavy atom. The van der Waals surface area contributed by atoms with Gasteiger partial charge in [0.1, 0.15) is 0 Å². The maximum atomic E-state index is 11.7. The molecule has 1 amide bonds. The zero-order chi connectivity index (χ0) is 12.8. The summed E-state index contributed by atoms with van der Waals surface area (Å²) >= 11 is 0. The van der Waals surface area contributed by atoms with Crippen molar-refractivity contribution in [3.05, 3.63) is 29.3 Å². The molecule has 1 unspecified atom stereocenters. The number of nitrogens with two attached hydrogens (primary N) is 1. The summed E-state index contributed by atoms with van der Waals surface area (Å²) in [5, 5.41) is 2.95. The molecule has 0 aromatic heterocycles. The predicted octanol–water partition coefficient (Wildman–Crippen LogP) is 2.62. The lowest BCUT2D eigenvalue weighted by molar-refractivity contribution is -0.116. The van der Waals surface area contributed by atoms with E-state index in [9.17, 15) is 4.79 Å². The quantitative estimate of drug-likeness (QED) is 0.822. The maximum absolute atomic E-state index is 11.7. The molecular formula is C14H22N2O. The van der Waals surface area contributed by atoms with Crippen LogP contribution in [0.2, 0.25) is 0 Å². The molecule has 0 saturated carbocycles. The molecule has 0 saturated heterocycles. The second kappa shape index (κ2) is 6.40. The Morgan fingerprint density at radius 1 is 1.41 bits per heavy atom. The van der Waals surface area contributed by atoms with Gasteiger partial charge in [0.05, 0.1) is 0 Å². The normalized spacial score (nSPS) is 12.2. The van der Waals surface area contributed by atoms with Gasteiger partial charge < -0.3 is 11.1 Å². The zero-order valence-corrected chi connectivity index (χ0v) is 10.9. The van der Waals surface area contributed by atoms with Crippen LogP contribution in [0.4, 0.5) is 5.69 Å². The van der Waals surface area contributed by atoms with Crippen LogP contribution in [-0.4, -0.2) is 12.5 Å². The number of carbonyl (C=O) groups is 1.